The summed E-state index contributed by atoms with van der Waals surface area (Å²) in [6.45, 7) is 5.58. The fraction of sp³-hybridized carbons (Fsp3) is 0.238. The molecule has 0 fully saturated rings. The van der Waals surface area contributed by atoms with Gasteiger partial charge in [0, 0.05) is 23.5 Å². The van der Waals surface area contributed by atoms with Crippen molar-refractivity contribution >= 4 is 22.6 Å². The number of nitrogens with one attached hydrogen (secondary N) is 1. The summed E-state index contributed by atoms with van der Waals surface area (Å²) in [5, 5.41) is 3.56. The van der Waals surface area contributed by atoms with Crippen LogP contribution in [0.15, 0.2) is 54.6 Å². The minimum atomic E-state index is -0.582. The molecule has 4 heteroatoms. The van der Waals surface area contributed by atoms with Crippen molar-refractivity contribution in [3.05, 3.63) is 60.2 Å². The monoisotopic (exact) mass is 334 g/mol. The van der Waals surface area contributed by atoms with E-state index in [0.29, 0.717) is 5.56 Å². The number of ketones is 1. The van der Waals surface area contributed by atoms with Crippen molar-refractivity contribution in [2.24, 2.45) is 7.05 Å². The van der Waals surface area contributed by atoms with Gasteiger partial charge in [-0.1, -0.05) is 48.5 Å². The average Bonchev–Trinajstić information content (AvgIpc) is 2.86. The van der Waals surface area contributed by atoms with Gasteiger partial charge in [-0.25, -0.2) is 0 Å². The van der Waals surface area contributed by atoms with Gasteiger partial charge in [0.15, 0.2) is 0 Å². The molecule has 0 atom stereocenters. The van der Waals surface area contributed by atoms with Crippen LogP contribution in [-0.2, 0) is 11.8 Å². The highest BCUT2D eigenvalue weighted by Gasteiger charge is 2.28. The SMILES string of the molecule is Cn1c(-c2ccccc2)c(C(=O)C(=O)NC(C)(C)C)c2ccccc21. The Kier molecular flexibility index (Phi) is 4.21. The molecule has 0 aliphatic carbocycles. The first-order valence-electron chi connectivity index (χ1n) is 8.29. The first-order valence-corrected chi connectivity index (χ1v) is 8.29. The van der Waals surface area contributed by atoms with E-state index in [-0.39, 0.29) is 0 Å². The maximum Gasteiger partial charge on any atom is 0.292 e. The maximum atomic E-state index is 13.0. The fourth-order valence-corrected chi connectivity index (χ4v) is 3.07. The van der Waals surface area contributed by atoms with Crippen molar-refractivity contribution in [1.29, 1.82) is 0 Å². The summed E-state index contributed by atoms with van der Waals surface area (Å²) in [5.41, 5.74) is 2.58. The van der Waals surface area contributed by atoms with Crippen LogP contribution in [0.3, 0.4) is 0 Å². The van der Waals surface area contributed by atoms with Crippen LogP contribution in [0.4, 0.5) is 0 Å². The van der Waals surface area contributed by atoms with E-state index in [1.165, 1.54) is 0 Å². The van der Waals surface area contributed by atoms with Gasteiger partial charge in [0.25, 0.3) is 11.7 Å². The highest BCUT2D eigenvalue weighted by atomic mass is 16.2. The number of nitrogens with zero attached hydrogens (tertiary/aromatic N) is 1. The van der Waals surface area contributed by atoms with E-state index in [4.69, 9.17) is 0 Å². The molecule has 128 valence electrons. The lowest BCUT2D eigenvalue weighted by molar-refractivity contribution is -0.118. The molecule has 0 radical (unpaired) electrons. The number of benzene rings is 2. The number of hydrogen-bond acceptors (Lipinski definition) is 2. The second kappa shape index (κ2) is 6.20. The van der Waals surface area contributed by atoms with E-state index in [0.717, 1.165) is 22.2 Å². The number of rotatable bonds is 3. The molecule has 3 aromatic rings. The van der Waals surface area contributed by atoms with E-state index in [1.54, 1.807) is 0 Å². The number of Topliss-reactive ketones (excluding diaryl/α,β-unsaturated/α-hetero) is 1. The Morgan fingerprint density at radius 2 is 1.52 bits per heavy atom. The summed E-state index contributed by atoms with van der Waals surface area (Å²) in [4.78, 5) is 25.5. The highest BCUT2D eigenvalue weighted by molar-refractivity contribution is 6.46. The molecule has 0 saturated heterocycles. The van der Waals surface area contributed by atoms with Crippen LogP contribution in [0, 0.1) is 0 Å². The zero-order chi connectivity index (χ0) is 18.2. The second-order valence-electron chi connectivity index (χ2n) is 7.20. The highest BCUT2D eigenvalue weighted by Crippen LogP contribution is 2.33. The van der Waals surface area contributed by atoms with Crippen molar-refractivity contribution in [2.45, 2.75) is 26.3 Å². The molecule has 0 aliphatic heterocycles. The fourth-order valence-electron chi connectivity index (χ4n) is 3.07. The van der Waals surface area contributed by atoms with E-state index in [9.17, 15) is 9.59 Å². The van der Waals surface area contributed by atoms with Gasteiger partial charge < -0.3 is 9.88 Å². The Hall–Kier alpha value is -2.88. The summed E-state index contributed by atoms with van der Waals surface area (Å²) < 4.78 is 1.97. The number of aromatic nitrogens is 1. The smallest absolute Gasteiger partial charge is 0.292 e. The lowest BCUT2D eigenvalue weighted by Gasteiger charge is -2.20. The van der Waals surface area contributed by atoms with E-state index < -0.39 is 17.2 Å². The normalized spacial score (nSPS) is 11.5. The van der Waals surface area contributed by atoms with Crippen LogP contribution in [0.5, 0.6) is 0 Å². The first-order chi connectivity index (χ1) is 11.8. The molecule has 25 heavy (non-hydrogen) atoms. The van der Waals surface area contributed by atoms with Crippen molar-refractivity contribution in [2.75, 3.05) is 0 Å². The Morgan fingerprint density at radius 3 is 2.16 bits per heavy atom. The predicted octanol–water partition coefficient (Wildman–Crippen LogP) is 3.94. The lowest BCUT2D eigenvalue weighted by Crippen LogP contribution is -2.44. The molecule has 1 heterocycles. The number of amides is 1. The number of carbonyl (C=O) groups excluding carboxylic acids is 2. The molecular formula is C21H22N2O2. The van der Waals surface area contributed by atoms with Crippen LogP contribution in [-0.4, -0.2) is 21.8 Å². The van der Waals surface area contributed by atoms with Gasteiger partial charge in [0.2, 0.25) is 0 Å². The van der Waals surface area contributed by atoms with Crippen molar-refractivity contribution in [3.63, 3.8) is 0 Å². The van der Waals surface area contributed by atoms with Crippen LogP contribution >= 0.6 is 0 Å². The van der Waals surface area contributed by atoms with Gasteiger partial charge in [-0.2, -0.15) is 0 Å². The second-order valence-corrected chi connectivity index (χ2v) is 7.20. The molecule has 0 unspecified atom stereocenters. The van der Waals surface area contributed by atoms with Gasteiger partial charge >= 0.3 is 0 Å². The standard InChI is InChI=1S/C21H22N2O2/c1-21(2,3)22-20(25)19(24)17-15-12-8-9-13-16(15)23(4)18(17)14-10-6-5-7-11-14/h5-13H,1-4H3,(H,22,25). The molecule has 1 amide bonds. The Balaban J connectivity index is 2.23. The summed E-state index contributed by atoms with van der Waals surface area (Å²) in [6.07, 6.45) is 0. The Bertz CT molecular complexity index is 947. The third-order valence-electron chi connectivity index (χ3n) is 4.08. The quantitative estimate of drug-likeness (QED) is 0.582. The summed E-state index contributed by atoms with van der Waals surface area (Å²) in [7, 11) is 1.92. The molecular weight excluding hydrogens is 312 g/mol. The number of fused-ring (bicyclic) bond motifs is 1. The van der Waals surface area contributed by atoms with Crippen molar-refractivity contribution < 1.29 is 9.59 Å². The Labute approximate surface area is 147 Å². The molecule has 4 nitrogen and oxygen atoms in total. The molecule has 3 rings (SSSR count). The third-order valence-corrected chi connectivity index (χ3v) is 4.08. The maximum absolute atomic E-state index is 13.0. The molecule has 0 saturated carbocycles. The van der Waals surface area contributed by atoms with E-state index >= 15 is 0 Å². The van der Waals surface area contributed by atoms with Crippen LogP contribution in [0.1, 0.15) is 31.1 Å². The minimum absolute atomic E-state index is 0.450. The third kappa shape index (κ3) is 3.20. The summed E-state index contributed by atoms with van der Waals surface area (Å²) in [5.74, 6) is -1.09. The summed E-state index contributed by atoms with van der Waals surface area (Å²) in [6, 6.07) is 17.3. The number of para-hydroxylation sites is 1. The van der Waals surface area contributed by atoms with Crippen molar-refractivity contribution in [3.8, 4) is 11.3 Å². The lowest BCUT2D eigenvalue weighted by atomic mass is 10.00. The van der Waals surface area contributed by atoms with E-state index in [1.807, 2.05) is 87.0 Å². The predicted molar refractivity (Wildman–Crippen MR) is 101 cm³/mol. The molecule has 2 aromatic carbocycles. The average molecular weight is 334 g/mol. The topological polar surface area (TPSA) is 51.1 Å². The van der Waals surface area contributed by atoms with Crippen LogP contribution in [0.25, 0.3) is 22.2 Å². The van der Waals surface area contributed by atoms with Crippen LogP contribution < -0.4 is 5.32 Å². The number of carbonyl (C=O) groups is 2. The largest absolute Gasteiger partial charge is 0.345 e. The van der Waals surface area contributed by atoms with Gasteiger partial charge in [-0.15, -0.1) is 0 Å². The minimum Gasteiger partial charge on any atom is -0.345 e. The molecule has 0 bridgehead atoms. The van der Waals surface area contributed by atoms with Gasteiger partial charge in [0.1, 0.15) is 0 Å². The van der Waals surface area contributed by atoms with Crippen molar-refractivity contribution in [1.82, 2.24) is 9.88 Å². The molecule has 0 aliphatic rings. The number of hydrogen-bond donors (Lipinski definition) is 1. The van der Waals surface area contributed by atoms with Crippen LogP contribution in [0.2, 0.25) is 0 Å². The van der Waals surface area contributed by atoms with Gasteiger partial charge in [-0.05, 0) is 32.4 Å². The number of aryl methyl sites for hydroxylation is 1. The van der Waals surface area contributed by atoms with Gasteiger partial charge in [-0.3, -0.25) is 9.59 Å². The zero-order valence-electron chi connectivity index (χ0n) is 15.0. The first kappa shape index (κ1) is 17.0. The van der Waals surface area contributed by atoms with E-state index in [2.05, 4.69) is 5.32 Å². The molecule has 1 N–H and O–H groups in total. The molecule has 0 spiro atoms. The van der Waals surface area contributed by atoms with Gasteiger partial charge in [0.05, 0.1) is 11.3 Å². The zero-order valence-corrected chi connectivity index (χ0v) is 15.0. The Morgan fingerprint density at radius 1 is 0.920 bits per heavy atom. The molecule has 1 aromatic heterocycles. The summed E-state index contributed by atoms with van der Waals surface area (Å²) >= 11 is 0.